The third-order valence-corrected chi connectivity index (χ3v) is 4.65. The van der Waals surface area contributed by atoms with Gasteiger partial charge in [0.15, 0.2) is 0 Å². The van der Waals surface area contributed by atoms with Gasteiger partial charge in [-0.3, -0.25) is 20.7 Å². The molecule has 0 saturated carbocycles. The van der Waals surface area contributed by atoms with Gasteiger partial charge in [0.05, 0.1) is 0 Å². The van der Waals surface area contributed by atoms with Crippen molar-refractivity contribution in [3.8, 4) is 0 Å². The van der Waals surface area contributed by atoms with E-state index < -0.39 is 24.5 Å². The van der Waals surface area contributed by atoms with E-state index in [-0.39, 0.29) is 12.0 Å². The summed E-state index contributed by atoms with van der Waals surface area (Å²) in [5, 5.41) is 29.2. The number of hydrogen-bond donors (Lipinski definition) is 5. The summed E-state index contributed by atoms with van der Waals surface area (Å²) in [6, 6.07) is 18.4. The topological polar surface area (TPSA) is 93.6 Å². The molecule has 0 bridgehead atoms. The molecule has 1 heterocycles. The zero-order valence-corrected chi connectivity index (χ0v) is 14.7. The van der Waals surface area contributed by atoms with Gasteiger partial charge in [-0.15, -0.1) is 0 Å². The molecule has 6 heteroatoms. The van der Waals surface area contributed by atoms with Crippen LogP contribution < -0.4 is 16.0 Å². The molecule has 0 radical (unpaired) electrons. The van der Waals surface area contributed by atoms with E-state index in [1.807, 2.05) is 67.6 Å². The molecule has 0 spiro atoms. The van der Waals surface area contributed by atoms with Crippen LogP contribution in [0.15, 0.2) is 60.7 Å². The largest absolute Gasteiger partial charge is 0.480 e. The van der Waals surface area contributed by atoms with Gasteiger partial charge in [0.25, 0.3) is 0 Å². The number of nitrogens with one attached hydrogen (secondary N) is 3. The van der Waals surface area contributed by atoms with Crippen molar-refractivity contribution in [1.29, 1.82) is 0 Å². The van der Waals surface area contributed by atoms with Crippen molar-refractivity contribution in [3.05, 3.63) is 71.8 Å². The van der Waals surface area contributed by atoms with Gasteiger partial charge >= 0.3 is 5.97 Å². The van der Waals surface area contributed by atoms with Gasteiger partial charge in [-0.1, -0.05) is 60.7 Å². The maximum atomic E-state index is 12.1. The summed E-state index contributed by atoms with van der Waals surface area (Å²) in [5.74, 6) is -1.31. The molecule has 1 fully saturated rings. The summed E-state index contributed by atoms with van der Waals surface area (Å²) in [6.45, 7) is 1.96. The lowest BCUT2D eigenvalue weighted by molar-refractivity contribution is -0.140. The predicted molar refractivity (Wildman–Crippen MR) is 99.4 cm³/mol. The molecule has 4 unspecified atom stereocenters. The number of hydrogen-bond acceptors (Lipinski definition) is 5. The molecular weight excluding hydrogens is 330 g/mol. The molecule has 1 aliphatic rings. The molecule has 4 atom stereocenters. The van der Waals surface area contributed by atoms with Crippen LogP contribution in [0.1, 0.15) is 30.4 Å². The second-order valence-electron chi connectivity index (χ2n) is 6.70. The molecule has 138 valence electrons. The van der Waals surface area contributed by atoms with Crippen molar-refractivity contribution in [2.45, 2.75) is 43.9 Å². The van der Waals surface area contributed by atoms with E-state index in [2.05, 4.69) is 16.0 Å². The molecule has 0 amide bonds. The first-order valence-electron chi connectivity index (χ1n) is 8.83. The Kier molecular flexibility index (Phi) is 6.00. The molecule has 1 saturated heterocycles. The summed E-state index contributed by atoms with van der Waals surface area (Å²) >= 11 is 0. The van der Waals surface area contributed by atoms with Gasteiger partial charge in [-0.2, -0.15) is 0 Å². The summed E-state index contributed by atoms with van der Waals surface area (Å²) in [6.07, 6.45) is -0.605. The molecule has 1 aliphatic heterocycles. The van der Waals surface area contributed by atoms with Gasteiger partial charge in [0.2, 0.25) is 0 Å². The highest BCUT2D eigenvalue weighted by molar-refractivity contribution is 5.76. The first-order chi connectivity index (χ1) is 12.5. The third-order valence-electron chi connectivity index (χ3n) is 4.65. The van der Waals surface area contributed by atoms with Crippen molar-refractivity contribution in [1.82, 2.24) is 16.0 Å². The number of aliphatic hydroxyl groups excluding tert-OH is 1. The quantitative estimate of drug-likeness (QED) is 0.538. The zero-order chi connectivity index (χ0) is 18.5. The van der Waals surface area contributed by atoms with E-state index in [9.17, 15) is 15.0 Å². The summed E-state index contributed by atoms with van der Waals surface area (Å²) < 4.78 is 0. The lowest BCUT2D eigenvalue weighted by Crippen LogP contribution is -2.66. The third kappa shape index (κ3) is 4.47. The molecule has 0 aliphatic carbocycles. The van der Waals surface area contributed by atoms with Crippen molar-refractivity contribution in [2.75, 3.05) is 0 Å². The first kappa shape index (κ1) is 18.5. The molecule has 2 aromatic rings. The van der Waals surface area contributed by atoms with Crippen LogP contribution in [0, 0.1) is 0 Å². The average molecular weight is 355 g/mol. The number of aliphatic carboxylic acids is 1. The highest BCUT2D eigenvalue weighted by Crippen LogP contribution is 2.28. The first-order valence-corrected chi connectivity index (χ1v) is 8.83. The van der Waals surface area contributed by atoms with Crippen LogP contribution >= 0.6 is 0 Å². The number of benzene rings is 2. The lowest BCUT2D eigenvalue weighted by Gasteiger charge is -2.37. The monoisotopic (exact) mass is 355 g/mol. The van der Waals surface area contributed by atoms with Gasteiger partial charge in [0, 0.05) is 18.4 Å². The fourth-order valence-corrected chi connectivity index (χ4v) is 3.48. The van der Waals surface area contributed by atoms with E-state index in [0.29, 0.717) is 6.42 Å². The minimum atomic E-state index is -0.945. The summed E-state index contributed by atoms with van der Waals surface area (Å²) in [4.78, 5) is 12.1. The highest BCUT2D eigenvalue weighted by Gasteiger charge is 2.34. The summed E-state index contributed by atoms with van der Waals surface area (Å²) in [5.41, 5.74) is 1.84. The fraction of sp³-hybridized carbons (Fsp3) is 0.350. The minimum absolute atomic E-state index is 0.0742. The predicted octanol–water partition coefficient (Wildman–Crippen LogP) is 1.43. The van der Waals surface area contributed by atoms with E-state index in [1.54, 1.807) is 0 Å². The van der Waals surface area contributed by atoms with Crippen molar-refractivity contribution in [2.24, 2.45) is 0 Å². The van der Waals surface area contributed by atoms with E-state index in [0.717, 1.165) is 11.1 Å². The number of carboxylic acids is 1. The number of aliphatic hydroxyl groups is 1. The molecule has 5 N–H and O–H groups in total. The molecule has 3 rings (SSSR count). The summed E-state index contributed by atoms with van der Waals surface area (Å²) in [7, 11) is 0. The van der Waals surface area contributed by atoms with Crippen LogP contribution in [0.5, 0.6) is 0 Å². The van der Waals surface area contributed by atoms with E-state index in [4.69, 9.17) is 0 Å². The Balaban J connectivity index is 1.92. The lowest BCUT2D eigenvalue weighted by atomic mass is 9.85. The van der Waals surface area contributed by atoms with Crippen LogP contribution in [-0.2, 0) is 4.79 Å². The SMILES string of the molecule is CC1CC(O)NC(NC(C(=O)O)C(c2ccccc2)c2ccccc2)N1. The Labute approximate surface area is 153 Å². The van der Waals surface area contributed by atoms with Gasteiger partial charge in [-0.25, -0.2) is 0 Å². The van der Waals surface area contributed by atoms with Gasteiger partial charge < -0.3 is 10.2 Å². The molecule has 6 nitrogen and oxygen atoms in total. The Morgan fingerprint density at radius 2 is 1.58 bits per heavy atom. The van der Waals surface area contributed by atoms with Crippen molar-refractivity contribution in [3.63, 3.8) is 0 Å². The maximum Gasteiger partial charge on any atom is 0.321 e. The zero-order valence-electron chi connectivity index (χ0n) is 14.7. The second-order valence-corrected chi connectivity index (χ2v) is 6.70. The van der Waals surface area contributed by atoms with Crippen LogP contribution in [0.25, 0.3) is 0 Å². The smallest absolute Gasteiger partial charge is 0.321 e. The molecular formula is C20H25N3O3. The van der Waals surface area contributed by atoms with E-state index in [1.165, 1.54) is 0 Å². The molecule has 2 aromatic carbocycles. The molecule has 26 heavy (non-hydrogen) atoms. The Hall–Kier alpha value is -2.25. The molecule has 0 aromatic heterocycles. The fourth-order valence-electron chi connectivity index (χ4n) is 3.48. The Bertz CT molecular complexity index is 661. The van der Waals surface area contributed by atoms with Crippen molar-refractivity contribution < 1.29 is 15.0 Å². The van der Waals surface area contributed by atoms with Crippen LogP contribution in [-0.4, -0.2) is 40.8 Å². The van der Waals surface area contributed by atoms with Gasteiger partial charge in [0.1, 0.15) is 18.6 Å². The van der Waals surface area contributed by atoms with Crippen LogP contribution in [0.2, 0.25) is 0 Å². The minimum Gasteiger partial charge on any atom is -0.480 e. The van der Waals surface area contributed by atoms with Crippen LogP contribution in [0.4, 0.5) is 0 Å². The second kappa shape index (κ2) is 8.42. The highest BCUT2D eigenvalue weighted by atomic mass is 16.4. The van der Waals surface area contributed by atoms with Crippen molar-refractivity contribution >= 4 is 5.97 Å². The maximum absolute atomic E-state index is 12.1. The number of carbonyl (C=O) groups is 1. The van der Waals surface area contributed by atoms with Gasteiger partial charge in [-0.05, 0) is 18.1 Å². The average Bonchev–Trinajstić information content (AvgIpc) is 2.62. The van der Waals surface area contributed by atoms with Crippen LogP contribution in [0.3, 0.4) is 0 Å². The Morgan fingerprint density at radius 1 is 1.04 bits per heavy atom. The number of carboxylic acid groups (broad SMARTS) is 1. The normalized spacial score (nSPS) is 24.3. The van der Waals surface area contributed by atoms with E-state index >= 15 is 0 Å². The standard InChI is InChI=1S/C20H25N3O3/c1-13-12-16(24)22-20(21-13)23-18(19(25)26)17(14-8-4-2-5-9-14)15-10-6-3-7-11-15/h2-11,13,16-18,20-24H,12H2,1H3,(H,25,26). The Morgan fingerprint density at radius 3 is 2.04 bits per heavy atom. The number of rotatable bonds is 6.